The number of rotatable bonds is 5. The molecule has 1 amide bonds. The van der Waals surface area contributed by atoms with Crippen LogP contribution in [0.25, 0.3) is 6.08 Å². The number of benzene rings is 2. The predicted molar refractivity (Wildman–Crippen MR) is 106 cm³/mol. The molecule has 0 saturated carbocycles. The largest absolute Gasteiger partial charge is 0.375 e. The summed E-state index contributed by atoms with van der Waals surface area (Å²) in [6.07, 6.45) is 3.36. The molecule has 2 atom stereocenters. The van der Waals surface area contributed by atoms with E-state index in [0.717, 1.165) is 36.5 Å². The number of carbonyl (C=O) groups is 1. The molecule has 1 saturated heterocycles. The Kier molecular flexibility index (Phi) is 6.24. The molecule has 0 bridgehead atoms. The summed E-state index contributed by atoms with van der Waals surface area (Å²) in [7, 11) is 0. The Morgan fingerprint density at radius 2 is 2.07 bits per heavy atom. The van der Waals surface area contributed by atoms with Gasteiger partial charge in [-0.05, 0) is 55.3 Å². The molecule has 142 valence electrons. The van der Waals surface area contributed by atoms with Gasteiger partial charge in [0.1, 0.15) is 5.82 Å². The molecular weight excluding hydrogens is 343 g/mol. The van der Waals surface area contributed by atoms with Gasteiger partial charge in [0.05, 0.1) is 18.8 Å². The van der Waals surface area contributed by atoms with Crippen LogP contribution in [0.1, 0.15) is 31.0 Å². The smallest absolute Gasteiger partial charge is 0.244 e. The number of morpholine rings is 1. The molecule has 27 heavy (non-hydrogen) atoms. The standard InChI is InChI=1S/C22H25FN2O2/c1-16-15-25(12-13-27-16)21-5-3-4-19(14-21)17(2)24-22(26)11-8-18-6-9-20(23)10-7-18/h3-11,14,16-17H,12-13,15H2,1-2H3,(H,24,26)/b11-8+. The van der Waals surface area contributed by atoms with Crippen LogP contribution in [0.4, 0.5) is 10.1 Å². The predicted octanol–water partition coefficient (Wildman–Crippen LogP) is 3.94. The van der Waals surface area contributed by atoms with E-state index in [2.05, 4.69) is 29.3 Å². The van der Waals surface area contributed by atoms with Crippen LogP contribution in [0.15, 0.2) is 54.6 Å². The van der Waals surface area contributed by atoms with Crippen LogP contribution in [-0.2, 0) is 9.53 Å². The number of carbonyl (C=O) groups excluding carboxylic acids is 1. The monoisotopic (exact) mass is 368 g/mol. The van der Waals surface area contributed by atoms with Crippen LogP contribution in [0, 0.1) is 5.82 Å². The zero-order valence-electron chi connectivity index (χ0n) is 15.7. The Morgan fingerprint density at radius 3 is 2.81 bits per heavy atom. The Balaban J connectivity index is 1.61. The van der Waals surface area contributed by atoms with Gasteiger partial charge in [-0.3, -0.25) is 4.79 Å². The number of nitrogens with one attached hydrogen (secondary N) is 1. The van der Waals surface area contributed by atoms with Gasteiger partial charge in [-0.25, -0.2) is 4.39 Å². The van der Waals surface area contributed by atoms with Gasteiger partial charge in [0.15, 0.2) is 0 Å². The normalized spacial score (nSPS) is 18.5. The molecule has 0 spiro atoms. The Labute approximate surface area is 159 Å². The van der Waals surface area contributed by atoms with E-state index in [1.807, 2.05) is 19.1 Å². The first-order valence-electron chi connectivity index (χ1n) is 9.22. The van der Waals surface area contributed by atoms with E-state index in [0.29, 0.717) is 0 Å². The molecule has 2 aromatic rings. The average Bonchev–Trinajstić information content (AvgIpc) is 2.67. The number of ether oxygens (including phenoxy) is 1. The van der Waals surface area contributed by atoms with Crippen LogP contribution in [0.2, 0.25) is 0 Å². The van der Waals surface area contributed by atoms with Crippen molar-refractivity contribution in [3.05, 3.63) is 71.6 Å². The van der Waals surface area contributed by atoms with E-state index in [9.17, 15) is 9.18 Å². The van der Waals surface area contributed by atoms with E-state index in [-0.39, 0.29) is 23.9 Å². The minimum atomic E-state index is -0.292. The van der Waals surface area contributed by atoms with Crippen molar-refractivity contribution in [1.82, 2.24) is 5.32 Å². The maximum Gasteiger partial charge on any atom is 0.244 e. The van der Waals surface area contributed by atoms with Crippen LogP contribution in [-0.4, -0.2) is 31.7 Å². The molecule has 1 fully saturated rings. The first-order chi connectivity index (χ1) is 13.0. The molecule has 0 aliphatic carbocycles. The first kappa shape index (κ1) is 19.1. The maximum absolute atomic E-state index is 12.9. The van der Waals surface area contributed by atoms with Crippen molar-refractivity contribution < 1.29 is 13.9 Å². The number of amides is 1. The molecular formula is C22H25FN2O2. The lowest BCUT2D eigenvalue weighted by molar-refractivity contribution is -0.117. The second-order valence-corrected chi connectivity index (χ2v) is 6.84. The van der Waals surface area contributed by atoms with Gasteiger partial charge in [0, 0.05) is 24.9 Å². The number of anilines is 1. The second kappa shape index (κ2) is 8.82. The Bertz CT molecular complexity index is 804. The summed E-state index contributed by atoms with van der Waals surface area (Å²) in [5.74, 6) is -0.475. The van der Waals surface area contributed by atoms with Crippen molar-refractivity contribution in [1.29, 1.82) is 0 Å². The fourth-order valence-electron chi connectivity index (χ4n) is 3.13. The van der Waals surface area contributed by atoms with Gasteiger partial charge in [0.25, 0.3) is 0 Å². The van der Waals surface area contributed by atoms with Crippen molar-refractivity contribution in [2.75, 3.05) is 24.6 Å². The van der Waals surface area contributed by atoms with Crippen LogP contribution in [0.3, 0.4) is 0 Å². The zero-order chi connectivity index (χ0) is 19.2. The molecule has 3 rings (SSSR count). The van der Waals surface area contributed by atoms with Crippen LogP contribution >= 0.6 is 0 Å². The molecule has 0 aromatic heterocycles. The highest BCUT2D eigenvalue weighted by atomic mass is 19.1. The van der Waals surface area contributed by atoms with E-state index >= 15 is 0 Å². The third kappa shape index (κ3) is 5.41. The summed E-state index contributed by atoms with van der Waals surface area (Å²) in [4.78, 5) is 14.5. The maximum atomic E-state index is 12.9. The van der Waals surface area contributed by atoms with Gasteiger partial charge in [-0.2, -0.15) is 0 Å². The molecule has 1 aliphatic heterocycles. The Hall–Kier alpha value is -2.66. The number of hydrogen-bond donors (Lipinski definition) is 1. The highest BCUT2D eigenvalue weighted by molar-refractivity contribution is 5.92. The fourth-order valence-corrected chi connectivity index (χ4v) is 3.13. The number of hydrogen-bond acceptors (Lipinski definition) is 3. The van der Waals surface area contributed by atoms with Gasteiger partial charge < -0.3 is 15.0 Å². The van der Waals surface area contributed by atoms with Gasteiger partial charge in [0.2, 0.25) is 5.91 Å². The third-order valence-electron chi connectivity index (χ3n) is 4.63. The minimum absolute atomic E-state index is 0.117. The van der Waals surface area contributed by atoms with Gasteiger partial charge >= 0.3 is 0 Å². The molecule has 1 heterocycles. The number of halogens is 1. The SMILES string of the molecule is CC1CN(c2cccc(C(C)NC(=O)/C=C/c3ccc(F)cc3)c2)CCO1. The summed E-state index contributed by atoms with van der Waals surface area (Å²) >= 11 is 0. The molecule has 2 unspecified atom stereocenters. The van der Waals surface area contributed by atoms with Gasteiger partial charge in [-0.1, -0.05) is 24.3 Å². The van der Waals surface area contributed by atoms with E-state index in [1.165, 1.54) is 18.2 Å². The van der Waals surface area contributed by atoms with Crippen molar-refractivity contribution >= 4 is 17.7 Å². The summed E-state index contributed by atoms with van der Waals surface area (Å²) in [6, 6.07) is 14.1. The second-order valence-electron chi connectivity index (χ2n) is 6.84. The lowest BCUT2D eigenvalue weighted by Crippen LogP contribution is -2.41. The average molecular weight is 368 g/mol. The summed E-state index contributed by atoms with van der Waals surface area (Å²) < 4.78 is 18.5. The van der Waals surface area contributed by atoms with E-state index in [4.69, 9.17) is 4.74 Å². The van der Waals surface area contributed by atoms with Crippen molar-refractivity contribution in [3.63, 3.8) is 0 Å². The molecule has 0 radical (unpaired) electrons. The summed E-state index contributed by atoms with van der Waals surface area (Å²) in [5, 5.41) is 2.97. The lowest BCUT2D eigenvalue weighted by atomic mass is 10.1. The van der Waals surface area contributed by atoms with E-state index in [1.54, 1.807) is 18.2 Å². The number of nitrogens with zero attached hydrogens (tertiary/aromatic N) is 1. The van der Waals surface area contributed by atoms with Gasteiger partial charge in [-0.15, -0.1) is 0 Å². The minimum Gasteiger partial charge on any atom is -0.375 e. The first-order valence-corrected chi connectivity index (χ1v) is 9.22. The third-order valence-corrected chi connectivity index (χ3v) is 4.63. The molecule has 1 aliphatic rings. The molecule has 5 heteroatoms. The van der Waals surface area contributed by atoms with Crippen LogP contribution < -0.4 is 10.2 Å². The fraction of sp³-hybridized carbons (Fsp3) is 0.318. The summed E-state index contributed by atoms with van der Waals surface area (Å²) in [5.41, 5.74) is 2.98. The Morgan fingerprint density at radius 1 is 1.30 bits per heavy atom. The van der Waals surface area contributed by atoms with E-state index < -0.39 is 0 Å². The van der Waals surface area contributed by atoms with Crippen molar-refractivity contribution in [2.24, 2.45) is 0 Å². The molecule has 2 aromatic carbocycles. The quantitative estimate of drug-likeness (QED) is 0.813. The summed E-state index contributed by atoms with van der Waals surface area (Å²) in [6.45, 7) is 6.50. The molecule has 1 N–H and O–H groups in total. The molecule has 4 nitrogen and oxygen atoms in total. The topological polar surface area (TPSA) is 41.6 Å². The van der Waals surface area contributed by atoms with Crippen molar-refractivity contribution in [2.45, 2.75) is 26.0 Å². The zero-order valence-corrected chi connectivity index (χ0v) is 15.7. The lowest BCUT2D eigenvalue weighted by Gasteiger charge is -2.33. The highest BCUT2D eigenvalue weighted by Gasteiger charge is 2.18. The highest BCUT2D eigenvalue weighted by Crippen LogP contribution is 2.22. The van der Waals surface area contributed by atoms with Crippen molar-refractivity contribution in [3.8, 4) is 0 Å². The van der Waals surface area contributed by atoms with Crippen LogP contribution in [0.5, 0.6) is 0 Å².